The molecule has 0 saturated carbocycles. The van der Waals surface area contributed by atoms with Gasteiger partial charge in [-0.05, 0) is 12.1 Å². The van der Waals surface area contributed by atoms with E-state index in [0.717, 1.165) is 0 Å². The molecular formula is C6H8Cl2N4. The summed E-state index contributed by atoms with van der Waals surface area (Å²) >= 11 is 10.8. The molecule has 6 heteroatoms. The highest BCUT2D eigenvalue weighted by Gasteiger charge is 2.03. The molecule has 0 amide bonds. The average molecular weight is 207 g/mol. The predicted molar refractivity (Wildman–Crippen MR) is 54.2 cm³/mol. The van der Waals surface area contributed by atoms with Crippen LogP contribution in [0.15, 0.2) is 12.1 Å². The number of nitrogens with one attached hydrogen (secondary N) is 2. The van der Waals surface area contributed by atoms with E-state index in [4.69, 9.17) is 35.0 Å². The van der Waals surface area contributed by atoms with Crippen molar-refractivity contribution >= 4 is 46.3 Å². The Morgan fingerprint density at radius 1 is 0.917 bits per heavy atom. The molecule has 1 rings (SSSR count). The van der Waals surface area contributed by atoms with Crippen molar-refractivity contribution in [1.29, 1.82) is 0 Å². The van der Waals surface area contributed by atoms with Crippen LogP contribution in [-0.2, 0) is 0 Å². The summed E-state index contributed by atoms with van der Waals surface area (Å²) in [6, 6.07) is 3.18. The molecule has 0 aliphatic carbocycles. The van der Waals surface area contributed by atoms with Crippen LogP contribution in [0.5, 0.6) is 0 Å². The Labute approximate surface area is 80.0 Å². The number of hydrogen-bond donors (Lipinski definition) is 4. The largest absolute Gasteiger partial charge is 0.397 e. The molecule has 0 aromatic heterocycles. The number of rotatable bonds is 2. The predicted octanol–water partition coefficient (Wildman–Crippen LogP) is 1.98. The van der Waals surface area contributed by atoms with Crippen LogP contribution in [0.1, 0.15) is 0 Å². The Hall–Kier alpha value is -1.00. The van der Waals surface area contributed by atoms with Gasteiger partial charge in [0.15, 0.2) is 0 Å². The van der Waals surface area contributed by atoms with E-state index in [9.17, 15) is 0 Å². The highest BCUT2D eigenvalue weighted by molar-refractivity contribution is 6.28. The van der Waals surface area contributed by atoms with Crippen molar-refractivity contribution in [1.82, 2.24) is 0 Å². The van der Waals surface area contributed by atoms with E-state index < -0.39 is 0 Å². The van der Waals surface area contributed by atoms with Gasteiger partial charge in [-0.3, -0.25) is 9.67 Å². The van der Waals surface area contributed by atoms with Crippen molar-refractivity contribution < 1.29 is 0 Å². The molecular weight excluding hydrogens is 199 g/mol. The molecule has 0 radical (unpaired) electrons. The fourth-order valence-electron chi connectivity index (χ4n) is 0.790. The molecule has 0 bridgehead atoms. The van der Waals surface area contributed by atoms with Crippen LogP contribution in [0.25, 0.3) is 0 Å². The smallest absolute Gasteiger partial charge is 0.0757 e. The molecule has 12 heavy (non-hydrogen) atoms. The van der Waals surface area contributed by atoms with Crippen molar-refractivity contribution in [2.24, 2.45) is 0 Å². The summed E-state index contributed by atoms with van der Waals surface area (Å²) in [4.78, 5) is 4.81. The summed E-state index contributed by atoms with van der Waals surface area (Å²) in [6.45, 7) is 0. The number of nitrogen functional groups attached to an aromatic ring is 2. The monoisotopic (exact) mass is 206 g/mol. The fraction of sp³-hybridized carbons (Fsp3) is 0. The first-order chi connectivity index (χ1) is 5.69. The third-order valence-electron chi connectivity index (χ3n) is 1.43. The molecule has 0 aliphatic rings. The highest BCUT2D eigenvalue weighted by Crippen LogP contribution is 2.30. The van der Waals surface area contributed by atoms with Crippen molar-refractivity contribution in [3.63, 3.8) is 0 Å². The first-order valence-electron chi connectivity index (χ1n) is 3.11. The normalized spacial score (nSPS) is 9.50. The minimum Gasteiger partial charge on any atom is -0.397 e. The van der Waals surface area contributed by atoms with Crippen molar-refractivity contribution in [2.75, 3.05) is 21.1 Å². The van der Waals surface area contributed by atoms with E-state index in [0.29, 0.717) is 22.7 Å². The van der Waals surface area contributed by atoms with Gasteiger partial charge in [0, 0.05) is 23.6 Å². The second-order valence-electron chi connectivity index (χ2n) is 2.22. The van der Waals surface area contributed by atoms with Gasteiger partial charge >= 0.3 is 0 Å². The molecule has 0 atom stereocenters. The molecule has 1 aromatic rings. The highest BCUT2D eigenvalue weighted by atomic mass is 35.5. The van der Waals surface area contributed by atoms with E-state index in [1.807, 2.05) is 0 Å². The van der Waals surface area contributed by atoms with Crippen LogP contribution in [0.4, 0.5) is 22.7 Å². The first-order valence-corrected chi connectivity index (χ1v) is 3.87. The molecule has 66 valence electrons. The lowest BCUT2D eigenvalue weighted by Gasteiger charge is -2.08. The van der Waals surface area contributed by atoms with Gasteiger partial charge in [0.1, 0.15) is 0 Å². The van der Waals surface area contributed by atoms with Crippen molar-refractivity contribution in [3.05, 3.63) is 12.1 Å². The van der Waals surface area contributed by atoms with E-state index in [2.05, 4.69) is 9.67 Å². The Morgan fingerprint density at radius 3 is 1.50 bits per heavy atom. The van der Waals surface area contributed by atoms with Crippen molar-refractivity contribution in [2.45, 2.75) is 0 Å². The number of halogens is 2. The zero-order valence-corrected chi connectivity index (χ0v) is 7.58. The standard InChI is InChI=1S/C6H8Cl2N4/c7-11-5-1-3(9)4(10)2-6(5)12-8/h1-2,11-12H,9-10H2. The summed E-state index contributed by atoms with van der Waals surface area (Å²) in [6.07, 6.45) is 0. The van der Waals surface area contributed by atoms with Gasteiger partial charge < -0.3 is 11.5 Å². The molecule has 0 aliphatic heterocycles. The van der Waals surface area contributed by atoms with Crippen LogP contribution in [0, 0.1) is 0 Å². The summed E-state index contributed by atoms with van der Waals surface area (Å²) in [5.41, 5.74) is 13.1. The van der Waals surface area contributed by atoms with Crippen LogP contribution in [0.2, 0.25) is 0 Å². The lowest BCUT2D eigenvalue weighted by Crippen LogP contribution is -1.97. The molecule has 0 heterocycles. The van der Waals surface area contributed by atoms with E-state index in [1.54, 1.807) is 12.1 Å². The van der Waals surface area contributed by atoms with Crippen molar-refractivity contribution in [3.8, 4) is 0 Å². The van der Waals surface area contributed by atoms with Gasteiger partial charge in [-0.25, -0.2) is 0 Å². The third kappa shape index (κ3) is 1.60. The van der Waals surface area contributed by atoms with E-state index in [-0.39, 0.29) is 0 Å². The summed E-state index contributed by atoms with van der Waals surface area (Å²) in [5.74, 6) is 0. The Kier molecular flexibility index (Phi) is 2.73. The maximum Gasteiger partial charge on any atom is 0.0757 e. The fourth-order valence-corrected chi connectivity index (χ4v) is 1.10. The second-order valence-corrected chi connectivity index (χ2v) is 2.59. The summed E-state index contributed by atoms with van der Waals surface area (Å²) in [5, 5.41) is 0. The number of anilines is 4. The zero-order chi connectivity index (χ0) is 9.14. The first kappa shape index (κ1) is 9.09. The summed E-state index contributed by atoms with van der Waals surface area (Å²) < 4.78 is 0. The third-order valence-corrected chi connectivity index (χ3v) is 1.83. The molecule has 0 spiro atoms. The molecule has 6 N–H and O–H groups in total. The minimum atomic E-state index is 0.453. The second kappa shape index (κ2) is 3.60. The lowest BCUT2D eigenvalue weighted by atomic mass is 10.2. The van der Waals surface area contributed by atoms with Crippen LogP contribution in [0.3, 0.4) is 0 Å². The topological polar surface area (TPSA) is 76.1 Å². The average Bonchev–Trinajstić information content (AvgIpc) is 2.09. The molecule has 0 saturated heterocycles. The quantitative estimate of drug-likeness (QED) is 0.441. The zero-order valence-electron chi connectivity index (χ0n) is 6.07. The van der Waals surface area contributed by atoms with E-state index in [1.165, 1.54) is 0 Å². The molecule has 0 fully saturated rings. The van der Waals surface area contributed by atoms with Gasteiger partial charge in [-0.1, -0.05) is 0 Å². The molecule has 1 aromatic carbocycles. The van der Waals surface area contributed by atoms with E-state index >= 15 is 0 Å². The maximum absolute atomic E-state index is 5.53. The van der Waals surface area contributed by atoms with Gasteiger partial charge in [0.25, 0.3) is 0 Å². The Balaban J connectivity index is 3.19. The Morgan fingerprint density at radius 2 is 1.25 bits per heavy atom. The van der Waals surface area contributed by atoms with Crippen LogP contribution >= 0.6 is 23.6 Å². The number of nitrogens with two attached hydrogens (primary N) is 2. The molecule has 4 nitrogen and oxygen atoms in total. The van der Waals surface area contributed by atoms with Gasteiger partial charge in [0.05, 0.1) is 22.7 Å². The Bertz CT molecular complexity index is 260. The van der Waals surface area contributed by atoms with Gasteiger partial charge in [-0.2, -0.15) is 0 Å². The lowest BCUT2D eigenvalue weighted by molar-refractivity contribution is 1.62. The number of benzene rings is 1. The minimum absolute atomic E-state index is 0.453. The van der Waals surface area contributed by atoms with Gasteiger partial charge in [-0.15, -0.1) is 0 Å². The molecule has 0 unspecified atom stereocenters. The maximum atomic E-state index is 5.53. The van der Waals surface area contributed by atoms with Gasteiger partial charge in [0.2, 0.25) is 0 Å². The van der Waals surface area contributed by atoms with Crippen LogP contribution in [-0.4, -0.2) is 0 Å². The summed E-state index contributed by atoms with van der Waals surface area (Å²) in [7, 11) is 0. The number of hydrogen-bond acceptors (Lipinski definition) is 4. The SMILES string of the molecule is Nc1cc(NCl)c(NCl)cc1N. The van der Waals surface area contributed by atoms with Crippen LogP contribution < -0.4 is 21.1 Å².